The van der Waals surface area contributed by atoms with E-state index in [-0.39, 0.29) is 17.4 Å². The van der Waals surface area contributed by atoms with Crippen molar-refractivity contribution in [2.45, 2.75) is 46.8 Å². The molecular weight excluding hydrogens is 292 g/mol. The summed E-state index contributed by atoms with van der Waals surface area (Å²) in [5.74, 6) is 0.189. The molecule has 1 amide bonds. The van der Waals surface area contributed by atoms with Crippen LogP contribution in [-0.2, 0) is 11.3 Å². The fourth-order valence-electron chi connectivity index (χ4n) is 2.66. The van der Waals surface area contributed by atoms with E-state index in [1.54, 1.807) is 0 Å². The lowest BCUT2D eigenvalue weighted by Crippen LogP contribution is -2.51. The maximum absolute atomic E-state index is 12.3. The highest BCUT2D eigenvalue weighted by Crippen LogP contribution is 2.20. The van der Waals surface area contributed by atoms with Crippen LogP contribution < -0.4 is 0 Å². The minimum Gasteiger partial charge on any atom is -0.391 e. The highest BCUT2D eigenvalue weighted by molar-refractivity contribution is 5.76. The Labute approximate surface area is 139 Å². The van der Waals surface area contributed by atoms with Gasteiger partial charge in [0.1, 0.15) is 0 Å². The Morgan fingerprint density at radius 2 is 1.96 bits per heavy atom. The zero-order valence-corrected chi connectivity index (χ0v) is 14.8. The van der Waals surface area contributed by atoms with Gasteiger partial charge in [0.05, 0.1) is 12.3 Å². The molecule has 1 fully saturated rings. The third-order valence-corrected chi connectivity index (χ3v) is 4.47. The topological polar surface area (TPSA) is 61.6 Å². The molecule has 0 spiro atoms. The number of aliphatic hydroxyl groups excluding tert-OH is 1. The van der Waals surface area contributed by atoms with Crippen LogP contribution in [0.5, 0.6) is 0 Å². The van der Waals surface area contributed by atoms with E-state index in [0.717, 1.165) is 31.7 Å². The van der Waals surface area contributed by atoms with Crippen molar-refractivity contribution in [1.29, 1.82) is 0 Å². The van der Waals surface area contributed by atoms with Gasteiger partial charge in [-0.05, 0) is 17.9 Å². The van der Waals surface area contributed by atoms with Crippen molar-refractivity contribution in [2.24, 2.45) is 5.41 Å². The number of nitrogens with zero attached hydrogens (tertiary/aromatic N) is 4. The Balaban J connectivity index is 1.72. The lowest BCUT2D eigenvalue weighted by Gasteiger charge is -2.38. The quantitative estimate of drug-likeness (QED) is 0.883. The maximum Gasteiger partial charge on any atom is 0.224 e. The molecule has 1 unspecified atom stereocenters. The predicted molar refractivity (Wildman–Crippen MR) is 90.1 cm³/mol. The van der Waals surface area contributed by atoms with Crippen molar-refractivity contribution in [2.75, 3.05) is 32.7 Å². The van der Waals surface area contributed by atoms with Gasteiger partial charge in [0.15, 0.2) is 0 Å². The number of carbonyl (C=O) groups excluding carboxylic acids is 1. The molecule has 23 heavy (non-hydrogen) atoms. The van der Waals surface area contributed by atoms with Gasteiger partial charge < -0.3 is 10.0 Å². The van der Waals surface area contributed by atoms with Gasteiger partial charge >= 0.3 is 0 Å². The second-order valence-corrected chi connectivity index (χ2v) is 7.59. The molecule has 0 radical (unpaired) electrons. The maximum atomic E-state index is 12.3. The summed E-state index contributed by atoms with van der Waals surface area (Å²) in [6.07, 6.45) is 3.92. The summed E-state index contributed by atoms with van der Waals surface area (Å²) in [4.78, 5) is 16.5. The Morgan fingerprint density at radius 3 is 2.48 bits per heavy atom. The van der Waals surface area contributed by atoms with Gasteiger partial charge in [0, 0.05) is 51.9 Å². The Bertz CT molecular complexity index is 513. The zero-order chi connectivity index (χ0) is 17.0. The molecule has 1 N–H and O–H groups in total. The van der Waals surface area contributed by atoms with Gasteiger partial charge in [-0.3, -0.25) is 14.4 Å². The van der Waals surface area contributed by atoms with Crippen LogP contribution in [0.25, 0.3) is 0 Å². The first-order chi connectivity index (χ1) is 10.8. The molecule has 1 atom stereocenters. The van der Waals surface area contributed by atoms with E-state index in [1.807, 2.05) is 28.9 Å². The summed E-state index contributed by atoms with van der Waals surface area (Å²) in [5, 5.41) is 14.4. The van der Waals surface area contributed by atoms with Crippen molar-refractivity contribution in [3.05, 3.63) is 18.0 Å². The van der Waals surface area contributed by atoms with E-state index in [0.29, 0.717) is 19.5 Å². The third-order valence-electron chi connectivity index (χ3n) is 4.47. The molecule has 1 aromatic rings. The summed E-state index contributed by atoms with van der Waals surface area (Å²) in [5.41, 5.74) is 1.01. The molecule has 1 aliphatic rings. The first kappa shape index (κ1) is 17.9. The number of carbonyl (C=O) groups is 1. The molecule has 0 bridgehead atoms. The lowest BCUT2D eigenvalue weighted by molar-refractivity contribution is -0.133. The monoisotopic (exact) mass is 322 g/mol. The fourth-order valence-corrected chi connectivity index (χ4v) is 2.66. The molecule has 0 aromatic carbocycles. The molecular formula is C17H30N4O2. The van der Waals surface area contributed by atoms with E-state index in [9.17, 15) is 9.90 Å². The van der Waals surface area contributed by atoms with Crippen molar-refractivity contribution in [3.63, 3.8) is 0 Å². The number of amides is 1. The first-order valence-corrected chi connectivity index (χ1v) is 8.43. The number of hydrogen-bond donors (Lipinski definition) is 1. The molecule has 6 nitrogen and oxygen atoms in total. The predicted octanol–water partition coefficient (Wildman–Crippen LogP) is 1.13. The number of β-amino-alcohol motifs (C(OH)–C–C–N with tert-alkyl or cyclic N) is 1. The van der Waals surface area contributed by atoms with Crippen LogP contribution in [0.1, 0.15) is 32.8 Å². The molecule has 0 saturated carbocycles. The summed E-state index contributed by atoms with van der Waals surface area (Å²) in [6.45, 7) is 12.6. The SMILES string of the molecule is Cc1cnn(CCC(=O)N2CCN(CC(O)C(C)(C)C)CC2)c1. The molecule has 6 heteroatoms. The second-order valence-electron chi connectivity index (χ2n) is 7.59. The van der Waals surface area contributed by atoms with E-state index >= 15 is 0 Å². The normalized spacial score (nSPS) is 18.2. The summed E-state index contributed by atoms with van der Waals surface area (Å²) < 4.78 is 1.82. The number of aryl methyl sites for hydroxylation is 2. The molecule has 130 valence electrons. The highest BCUT2D eigenvalue weighted by atomic mass is 16.3. The van der Waals surface area contributed by atoms with Gasteiger partial charge in [0.25, 0.3) is 0 Å². The molecule has 0 aliphatic carbocycles. The number of aliphatic hydroxyl groups is 1. The van der Waals surface area contributed by atoms with Crippen molar-refractivity contribution in [1.82, 2.24) is 19.6 Å². The summed E-state index contributed by atoms with van der Waals surface area (Å²) >= 11 is 0. The second kappa shape index (κ2) is 7.45. The number of piperazine rings is 1. The van der Waals surface area contributed by atoms with Gasteiger partial charge in [-0.2, -0.15) is 5.10 Å². The Kier molecular flexibility index (Phi) is 5.81. The van der Waals surface area contributed by atoms with E-state index < -0.39 is 0 Å². The molecule has 1 aliphatic heterocycles. The van der Waals surface area contributed by atoms with Gasteiger partial charge in [0.2, 0.25) is 5.91 Å². The molecule has 2 rings (SSSR count). The summed E-state index contributed by atoms with van der Waals surface area (Å²) in [6, 6.07) is 0. The largest absolute Gasteiger partial charge is 0.391 e. The van der Waals surface area contributed by atoms with Crippen molar-refractivity contribution >= 4 is 5.91 Å². The zero-order valence-electron chi connectivity index (χ0n) is 14.8. The Morgan fingerprint density at radius 1 is 1.30 bits per heavy atom. The van der Waals surface area contributed by atoms with Crippen LogP contribution in [0.4, 0.5) is 0 Å². The van der Waals surface area contributed by atoms with E-state index in [2.05, 4.69) is 30.8 Å². The third kappa shape index (κ3) is 5.32. The molecule has 1 saturated heterocycles. The number of hydrogen-bond acceptors (Lipinski definition) is 4. The molecule has 2 heterocycles. The minimum absolute atomic E-state index is 0.102. The van der Waals surface area contributed by atoms with Crippen LogP contribution in [0, 0.1) is 12.3 Å². The average Bonchev–Trinajstić information content (AvgIpc) is 2.90. The smallest absolute Gasteiger partial charge is 0.224 e. The first-order valence-electron chi connectivity index (χ1n) is 8.43. The average molecular weight is 322 g/mol. The van der Waals surface area contributed by atoms with Crippen LogP contribution in [0.3, 0.4) is 0 Å². The lowest BCUT2D eigenvalue weighted by atomic mass is 9.89. The van der Waals surface area contributed by atoms with Crippen molar-refractivity contribution in [3.8, 4) is 0 Å². The summed E-state index contributed by atoms with van der Waals surface area (Å²) in [7, 11) is 0. The fraction of sp³-hybridized carbons (Fsp3) is 0.765. The van der Waals surface area contributed by atoms with E-state index in [1.165, 1.54) is 0 Å². The minimum atomic E-state index is -0.340. The van der Waals surface area contributed by atoms with Gasteiger partial charge in [-0.25, -0.2) is 0 Å². The standard InChI is InChI=1S/C17H30N4O2/c1-14-11-18-21(12-14)6-5-16(23)20-9-7-19(8-10-20)13-15(22)17(2,3)4/h11-12,15,22H,5-10,13H2,1-4H3. The van der Waals surface area contributed by atoms with Crippen LogP contribution in [0.2, 0.25) is 0 Å². The number of aromatic nitrogens is 2. The highest BCUT2D eigenvalue weighted by Gasteiger charge is 2.27. The van der Waals surface area contributed by atoms with E-state index in [4.69, 9.17) is 0 Å². The van der Waals surface area contributed by atoms with Crippen LogP contribution >= 0.6 is 0 Å². The van der Waals surface area contributed by atoms with Crippen LogP contribution in [-0.4, -0.2) is 69.4 Å². The number of rotatable bonds is 5. The van der Waals surface area contributed by atoms with Gasteiger partial charge in [-0.15, -0.1) is 0 Å². The van der Waals surface area contributed by atoms with Crippen molar-refractivity contribution < 1.29 is 9.90 Å². The molecule has 1 aromatic heterocycles. The van der Waals surface area contributed by atoms with Crippen LogP contribution in [0.15, 0.2) is 12.4 Å². The Hall–Kier alpha value is -1.40. The van der Waals surface area contributed by atoms with Gasteiger partial charge in [-0.1, -0.05) is 20.8 Å².